The summed E-state index contributed by atoms with van der Waals surface area (Å²) >= 11 is 3.63. The summed E-state index contributed by atoms with van der Waals surface area (Å²) in [6, 6.07) is 6.69. The lowest BCUT2D eigenvalue weighted by Gasteiger charge is -2.27. The van der Waals surface area contributed by atoms with Gasteiger partial charge in [0.2, 0.25) is 0 Å². The first-order valence-corrected chi connectivity index (χ1v) is 9.98. The van der Waals surface area contributed by atoms with Gasteiger partial charge < -0.3 is 4.57 Å². The fraction of sp³-hybridized carbons (Fsp3) is 0.600. The van der Waals surface area contributed by atoms with E-state index in [1.54, 1.807) is 5.56 Å². The highest BCUT2D eigenvalue weighted by Gasteiger charge is 2.22. The summed E-state index contributed by atoms with van der Waals surface area (Å²) in [5.74, 6) is 0. The summed E-state index contributed by atoms with van der Waals surface area (Å²) in [5.41, 5.74) is 4.47. The molecule has 0 spiro atoms. The Balaban J connectivity index is 1.63. The number of nitrogens with zero attached hydrogens (tertiary/aromatic N) is 2. The summed E-state index contributed by atoms with van der Waals surface area (Å²) in [6.07, 6.45) is 9.50. The topological polar surface area (TPSA) is 8.17 Å². The second-order valence-corrected chi connectivity index (χ2v) is 7.86. The molecule has 0 unspecified atom stereocenters. The van der Waals surface area contributed by atoms with Crippen LogP contribution in [0.2, 0.25) is 0 Å². The third kappa shape index (κ3) is 3.83. The molecule has 0 amide bonds. The van der Waals surface area contributed by atoms with Crippen LogP contribution in [-0.2, 0) is 20.0 Å². The lowest BCUT2D eigenvalue weighted by Crippen LogP contribution is -2.31. The maximum Gasteiger partial charge on any atom is 0.0484 e. The van der Waals surface area contributed by atoms with Crippen LogP contribution in [0.25, 0.3) is 10.9 Å². The third-order valence-electron chi connectivity index (χ3n) is 5.27. The maximum absolute atomic E-state index is 3.63. The average Bonchev–Trinajstić information content (AvgIpc) is 2.83. The van der Waals surface area contributed by atoms with E-state index in [0.29, 0.717) is 0 Å². The van der Waals surface area contributed by atoms with Crippen LogP contribution in [0, 0.1) is 0 Å². The zero-order valence-corrected chi connectivity index (χ0v) is 16.2. The van der Waals surface area contributed by atoms with Crippen LogP contribution in [0.5, 0.6) is 0 Å². The Morgan fingerprint density at radius 1 is 1.09 bits per heavy atom. The lowest BCUT2D eigenvalue weighted by molar-refractivity contribution is 0.246. The van der Waals surface area contributed by atoms with Gasteiger partial charge in [-0.15, -0.1) is 0 Å². The van der Waals surface area contributed by atoms with Gasteiger partial charge in [0.25, 0.3) is 0 Å². The first-order chi connectivity index (χ1) is 11.2. The molecular weight excluding hydrogens is 348 g/mol. The highest BCUT2D eigenvalue weighted by Crippen LogP contribution is 2.32. The second-order valence-electron chi connectivity index (χ2n) is 6.94. The van der Waals surface area contributed by atoms with Crippen molar-refractivity contribution in [3.05, 3.63) is 33.9 Å². The molecule has 2 heterocycles. The van der Waals surface area contributed by atoms with Crippen molar-refractivity contribution in [2.75, 3.05) is 13.1 Å². The number of aromatic nitrogens is 1. The standard InChI is InChI=1S/C20H29BrN2/c1-3-4-5-6-7-8-12-23-13-11-20-18(15-23)17-14-16(21)9-10-19(17)22(20)2/h9-10,14H,3-8,11-13,15H2,1-2H3. The average molecular weight is 377 g/mol. The third-order valence-corrected chi connectivity index (χ3v) is 5.77. The van der Waals surface area contributed by atoms with Crippen LogP contribution >= 0.6 is 15.9 Å². The maximum atomic E-state index is 3.63. The van der Waals surface area contributed by atoms with Crippen molar-refractivity contribution in [2.24, 2.45) is 7.05 Å². The predicted octanol–water partition coefficient (Wildman–Crippen LogP) is 5.66. The van der Waals surface area contributed by atoms with E-state index in [9.17, 15) is 0 Å². The van der Waals surface area contributed by atoms with Gasteiger partial charge in [-0.2, -0.15) is 0 Å². The molecule has 0 N–H and O–H groups in total. The molecule has 0 saturated carbocycles. The molecule has 0 atom stereocenters. The summed E-state index contributed by atoms with van der Waals surface area (Å²) in [7, 11) is 2.22. The highest BCUT2D eigenvalue weighted by molar-refractivity contribution is 9.10. The van der Waals surface area contributed by atoms with Gasteiger partial charge >= 0.3 is 0 Å². The minimum absolute atomic E-state index is 1.12. The van der Waals surface area contributed by atoms with Crippen LogP contribution in [0.4, 0.5) is 0 Å². The van der Waals surface area contributed by atoms with Crippen molar-refractivity contribution in [2.45, 2.75) is 58.4 Å². The van der Waals surface area contributed by atoms with E-state index in [1.807, 2.05) is 0 Å². The molecular formula is C20H29BrN2. The summed E-state index contributed by atoms with van der Waals surface area (Å²) < 4.78 is 3.59. The number of rotatable bonds is 7. The highest BCUT2D eigenvalue weighted by atomic mass is 79.9. The SMILES string of the molecule is CCCCCCCCN1CCc2c(c3cc(Br)ccc3n2C)C1. The molecule has 1 aliphatic rings. The van der Waals surface area contributed by atoms with Gasteiger partial charge in [-0.25, -0.2) is 0 Å². The Bertz CT molecular complexity index is 659. The molecule has 0 radical (unpaired) electrons. The number of hydrogen-bond acceptors (Lipinski definition) is 1. The monoisotopic (exact) mass is 376 g/mol. The molecule has 0 bridgehead atoms. The minimum atomic E-state index is 1.12. The molecule has 3 heteroatoms. The molecule has 1 aromatic heterocycles. The Hall–Kier alpha value is -0.800. The van der Waals surface area contributed by atoms with Gasteiger partial charge in [-0.1, -0.05) is 55.0 Å². The first-order valence-electron chi connectivity index (χ1n) is 9.18. The Kier molecular flexibility index (Phi) is 5.81. The van der Waals surface area contributed by atoms with Crippen molar-refractivity contribution >= 4 is 26.8 Å². The Labute approximate surface area is 149 Å². The van der Waals surface area contributed by atoms with Crippen LogP contribution in [0.15, 0.2) is 22.7 Å². The van der Waals surface area contributed by atoms with E-state index >= 15 is 0 Å². The summed E-state index contributed by atoms with van der Waals surface area (Å²) in [4.78, 5) is 2.66. The zero-order valence-electron chi connectivity index (χ0n) is 14.6. The van der Waals surface area contributed by atoms with Crippen LogP contribution < -0.4 is 0 Å². The van der Waals surface area contributed by atoms with Crippen molar-refractivity contribution in [1.29, 1.82) is 0 Å². The Morgan fingerprint density at radius 2 is 1.87 bits per heavy atom. The lowest BCUT2D eigenvalue weighted by atomic mass is 10.0. The molecule has 0 aliphatic carbocycles. The van der Waals surface area contributed by atoms with Crippen LogP contribution in [-0.4, -0.2) is 22.6 Å². The van der Waals surface area contributed by atoms with Crippen molar-refractivity contribution in [3.63, 3.8) is 0 Å². The molecule has 23 heavy (non-hydrogen) atoms. The molecule has 126 valence electrons. The number of unbranched alkanes of at least 4 members (excludes halogenated alkanes) is 5. The normalized spacial score (nSPS) is 15.3. The number of aryl methyl sites for hydroxylation is 1. The van der Waals surface area contributed by atoms with E-state index in [0.717, 1.165) is 6.54 Å². The number of halogens is 1. The molecule has 3 rings (SSSR count). The first kappa shape index (κ1) is 17.0. The fourth-order valence-corrected chi connectivity index (χ4v) is 4.28. The molecule has 1 aliphatic heterocycles. The summed E-state index contributed by atoms with van der Waals surface area (Å²) in [6.45, 7) is 5.88. The van der Waals surface area contributed by atoms with E-state index < -0.39 is 0 Å². The molecule has 2 nitrogen and oxygen atoms in total. The summed E-state index contributed by atoms with van der Waals surface area (Å²) in [5, 5.41) is 1.43. The number of fused-ring (bicyclic) bond motifs is 3. The molecule has 0 fully saturated rings. The van der Waals surface area contributed by atoms with Gasteiger partial charge in [0.15, 0.2) is 0 Å². The number of benzene rings is 1. The van der Waals surface area contributed by atoms with Gasteiger partial charge in [0.1, 0.15) is 0 Å². The number of hydrogen-bond donors (Lipinski definition) is 0. The molecule has 0 saturated heterocycles. The van der Waals surface area contributed by atoms with Gasteiger partial charge in [-0.3, -0.25) is 4.90 Å². The van der Waals surface area contributed by atoms with E-state index in [2.05, 4.69) is 57.6 Å². The van der Waals surface area contributed by atoms with E-state index in [4.69, 9.17) is 0 Å². The fourth-order valence-electron chi connectivity index (χ4n) is 3.91. The molecule has 2 aromatic rings. The van der Waals surface area contributed by atoms with E-state index in [1.165, 1.54) is 79.1 Å². The van der Waals surface area contributed by atoms with Gasteiger partial charge in [-0.05, 0) is 36.7 Å². The molecule has 1 aromatic carbocycles. The van der Waals surface area contributed by atoms with Crippen LogP contribution in [0.1, 0.15) is 56.7 Å². The van der Waals surface area contributed by atoms with Crippen molar-refractivity contribution in [3.8, 4) is 0 Å². The zero-order chi connectivity index (χ0) is 16.2. The van der Waals surface area contributed by atoms with Crippen LogP contribution in [0.3, 0.4) is 0 Å². The largest absolute Gasteiger partial charge is 0.347 e. The second kappa shape index (κ2) is 7.85. The van der Waals surface area contributed by atoms with Gasteiger partial charge in [0.05, 0.1) is 0 Å². The van der Waals surface area contributed by atoms with Gasteiger partial charge in [0, 0.05) is 47.6 Å². The van der Waals surface area contributed by atoms with Crippen molar-refractivity contribution < 1.29 is 0 Å². The van der Waals surface area contributed by atoms with Crippen molar-refractivity contribution in [1.82, 2.24) is 9.47 Å². The minimum Gasteiger partial charge on any atom is -0.347 e. The Morgan fingerprint density at radius 3 is 2.70 bits per heavy atom. The predicted molar refractivity (Wildman–Crippen MR) is 103 cm³/mol. The van der Waals surface area contributed by atoms with E-state index in [-0.39, 0.29) is 0 Å². The quantitative estimate of drug-likeness (QED) is 0.565. The smallest absolute Gasteiger partial charge is 0.0484 e.